The summed E-state index contributed by atoms with van der Waals surface area (Å²) in [6, 6.07) is 2.68. The van der Waals surface area contributed by atoms with E-state index in [2.05, 4.69) is 35.9 Å². The Hall–Kier alpha value is -1.32. The summed E-state index contributed by atoms with van der Waals surface area (Å²) in [5, 5.41) is 7.27. The number of hydrogen-bond donors (Lipinski definition) is 1. The lowest BCUT2D eigenvalue weighted by Gasteiger charge is -2.31. The minimum absolute atomic E-state index is 0.104. The number of rotatable bonds is 5. The molecule has 104 valence electrons. The van der Waals surface area contributed by atoms with Crippen molar-refractivity contribution < 1.29 is 4.79 Å². The van der Waals surface area contributed by atoms with Crippen LogP contribution < -0.4 is 0 Å². The number of H-pyrrole nitrogens is 1. The summed E-state index contributed by atoms with van der Waals surface area (Å²) in [4.78, 5) is 14.7. The molecule has 2 aliphatic carbocycles. The maximum atomic E-state index is 12.7. The SMILES string of the molecule is CC(C)[C@H](C)N(C(=O)c1cc(C2CC2)[nH]n1)C1CC1. The number of carbonyl (C=O) groups excluding carboxylic acids is 1. The third-order valence-corrected chi connectivity index (χ3v) is 4.41. The van der Waals surface area contributed by atoms with E-state index in [1.165, 1.54) is 12.8 Å². The van der Waals surface area contributed by atoms with E-state index in [1.807, 2.05) is 6.07 Å². The number of nitrogens with one attached hydrogen (secondary N) is 1. The zero-order valence-corrected chi connectivity index (χ0v) is 12.0. The molecule has 1 heterocycles. The molecule has 0 radical (unpaired) electrons. The van der Waals surface area contributed by atoms with Crippen LogP contribution in [0, 0.1) is 5.92 Å². The largest absolute Gasteiger partial charge is 0.331 e. The maximum Gasteiger partial charge on any atom is 0.274 e. The van der Waals surface area contributed by atoms with Crippen molar-refractivity contribution in [1.29, 1.82) is 0 Å². The molecular weight excluding hydrogens is 238 g/mol. The molecule has 1 aromatic rings. The average molecular weight is 261 g/mol. The highest BCUT2D eigenvalue weighted by Crippen LogP contribution is 2.39. The second-order valence-electron chi connectivity index (χ2n) is 6.41. The minimum atomic E-state index is 0.104. The minimum Gasteiger partial charge on any atom is -0.331 e. The maximum absolute atomic E-state index is 12.7. The molecule has 1 atom stereocenters. The molecule has 1 amide bonds. The predicted octanol–water partition coefficient (Wildman–Crippen LogP) is 2.94. The first-order valence-electron chi connectivity index (χ1n) is 7.46. The quantitative estimate of drug-likeness (QED) is 0.886. The lowest BCUT2D eigenvalue weighted by Crippen LogP contribution is -2.43. The van der Waals surface area contributed by atoms with Gasteiger partial charge in [0.2, 0.25) is 0 Å². The molecule has 0 bridgehead atoms. The fourth-order valence-electron chi connectivity index (χ4n) is 2.54. The van der Waals surface area contributed by atoms with Crippen LogP contribution in [0.4, 0.5) is 0 Å². The van der Waals surface area contributed by atoms with Gasteiger partial charge in [0.1, 0.15) is 5.69 Å². The van der Waals surface area contributed by atoms with Gasteiger partial charge in [-0.2, -0.15) is 5.10 Å². The molecule has 3 rings (SSSR count). The van der Waals surface area contributed by atoms with Gasteiger partial charge in [-0.3, -0.25) is 9.89 Å². The highest BCUT2D eigenvalue weighted by atomic mass is 16.2. The van der Waals surface area contributed by atoms with Gasteiger partial charge in [0, 0.05) is 23.7 Å². The number of hydrogen-bond acceptors (Lipinski definition) is 2. The van der Waals surface area contributed by atoms with E-state index in [-0.39, 0.29) is 11.9 Å². The molecule has 19 heavy (non-hydrogen) atoms. The van der Waals surface area contributed by atoms with Gasteiger partial charge in [-0.15, -0.1) is 0 Å². The highest BCUT2D eigenvalue weighted by Gasteiger charge is 2.38. The zero-order chi connectivity index (χ0) is 13.6. The first kappa shape index (κ1) is 12.7. The van der Waals surface area contributed by atoms with Crippen molar-refractivity contribution in [1.82, 2.24) is 15.1 Å². The van der Waals surface area contributed by atoms with Crippen molar-refractivity contribution in [2.45, 2.75) is 64.5 Å². The van der Waals surface area contributed by atoms with Crippen LogP contribution >= 0.6 is 0 Å². The van der Waals surface area contributed by atoms with Crippen LogP contribution in [-0.2, 0) is 0 Å². The van der Waals surface area contributed by atoms with E-state index in [0.29, 0.717) is 23.6 Å². The molecule has 2 aliphatic rings. The Balaban J connectivity index is 1.78. The Morgan fingerprint density at radius 3 is 2.53 bits per heavy atom. The van der Waals surface area contributed by atoms with Crippen molar-refractivity contribution in [2.24, 2.45) is 5.92 Å². The van der Waals surface area contributed by atoms with Crippen LogP contribution in [0.15, 0.2) is 6.07 Å². The Labute approximate surface area is 114 Å². The Bertz CT molecular complexity index is 471. The second kappa shape index (κ2) is 4.66. The number of aromatic amines is 1. The summed E-state index contributed by atoms with van der Waals surface area (Å²) in [7, 11) is 0. The highest BCUT2D eigenvalue weighted by molar-refractivity contribution is 5.93. The average Bonchev–Trinajstić information content (AvgIpc) is 3.30. The third-order valence-electron chi connectivity index (χ3n) is 4.41. The summed E-state index contributed by atoms with van der Waals surface area (Å²) >= 11 is 0. The Morgan fingerprint density at radius 1 is 1.32 bits per heavy atom. The smallest absolute Gasteiger partial charge is 0.274 e. The third kappa shape index (κ3) is 2.53. The van der Waals surface area contributed by atoms with Crippen LogP contribution in [0.25, 0.3) is 0 Å². The fourth-order valence-corrected chi connectivity index (χ4v) is 2.54. The first-order valence-corrected chi connectivity index (χ1v) is 7.46. The van der Waals surface area contributed by atoms with Crippen LogP contribution in [0.5, 0.6) is 0 Å². The molecule has 0 unspecified atom stereocenters. The Morgan fingerprint density at radius 2 is 2.00 bits per heavy atom. The van der Waals surface area contributed by atoms with Gasteiger partial charge in [0.25, 0.3) is 5.91 Å². The standard InChI is InChI=1S/C15H23N3O/c1-9(2)10(3)18(12-6-7-12)15(19)14-8-13(16-17-14)11-4-5-11/h8-12H,4-7H2,1-3H3,(H,16,17)/t10-/m0/s1. The monoisotopic (exact) mass is 261 g/mol. The number of amides is 1. The van der Waals surface area contributed by atoms with Crippen LogP contribution in [0.3, 0.4) is 0 Å². The van der Waals surface area contributed by atoms with E-state index in [4.69, 9.17) is 0 Å². The van der Waals surface area contributed by atoms with Crippen LogP contribution in [-0.4, -0.2) is 33.1 Å². The van der Waals surface area contributed by atoms with Gasteiger partial charge in [-0.25, -0.2) is 0 Å². The lowest BCUT2D eigenvalue weighted by atomic mass is 10.0. The van der Waals surface area contributed by atoms with E-state index in [1.54, 1.807) is 0 Å². The van der Waals surface area contributed by atoms with E-state index in [0.717, 1.165) is 18.5 Å². The predicted molar refractivity (Wildman–Crippen MR) is 74.1 cm³/mol. The van der Waals surface area contributed by atoms with Crippen molar-refractivity contribution in [2.75, 3.05) is 0 Å². The number of nitrogens with zero attached hydrogens (tertiary/aromatic N) is 2. The van der Waals surface area contributed by atoms with Crippen LogP contribution in [0.1, 0.15) is 68.6 Å². The number of carbonyl (C=O) groups is 1. The molecule has 1 N–H and O–H groups in total. The summed E-state index contributed by atoms with van der Waals surface area (Å²) in [5.74, 6) is 1.20. The summed E-state index contributed by atoms with van der Waals surface area (Å²) in [5.41, 5.74) is 1.73. The van der Waals surface area contributed by atoms with Gasteiger partial charge in [0.15, 0.2) is 0 Å². The second-order valence-corrected chi connectivity index (χ2v) is 6.41. The molecule has 0 aliphatic heterocycles. The normalized spacial score (nSPS) is 20.6. The fraction of sp³-hybridized carbons (Fsp3) is 0.733. The summed E-state index contributed by atoms with van der Waals surface area (Å²) in [6.45, 7) is 6.50. The lowest BCUT2D eigenvalue weighted by molar-refractivity contribution is 0.0621. The molecule has 4 heteroatoms. The topological polar surface area (TPSA) is 49.0 Å². The molecule has 0 spiro atoms. The molecule has 0 saturated heterocycles. The molecule has 1 aromatic heterocycles. The van der Waals surface area contributed by atoms with Crippen LogP contribution in [0.2, 0.25) is 0 Å². The van der Waals surface area contributed by atoms with Crippen molar-refractivity contribution in [3.05, 3.63) is 17.5 Å². The van der Waals surface area contributed by atoms with Gasteiger partial charge < -0.3 is 4.90 Å². The summed E-state index contributed by atoms with van der Waals surface area (Å²) < 4.78 is 0. The molecule has 0 aromatic carbocycles. The molecule has 4 nitrogen and oxygen atoms in total. The van der Waals surface area contributed by atoms with Gasteiger partial charge in [0.05, 0.1) is 0 Å². The first-order chi connectivity index (χ1) is 9.08. The van der Waals surface area contributed by atoms with Gasteiger partial charge in [-0.05, 0) is 44.6 Å². The van der Waals surface area contributed by atoms with Crippen molar-refractivity contribution >= 4 is 5.91 Å². The molecule has 2 fully saturated rings. The van der Waals surface area contributed by atoms with E-state index in [9.17, 15) is 4.79 Å². The van der Waals surface area contributed by atoms with Gasteiger partial charge >= 0.3 is 0 Å². The molecular formula is C15H23N3O. The zero-order valence-electron chi connectivity index (χ0n) is 12.0. The Kier molecular flexibility index (Phi) is 3.11. The van der Waals surface area contributed by atoms with Crippen molar-refractivity contribution in [3.63, 3.8) is 0 Å². The van der Waals surface area contributed by atoms with E-state index < -0.39 is 0 Å². The van der Waals surface area contributed by atoms with Crippen molar-refractivity contribution in [3.8, 4) is 0 Å². The number of aromatic nitrogens is 2. The van der Waals surface area contributed by atoms with E-state index >= 15 is 0 Å². The van der Waals surface area contributed by atoms with Gasteiger partial charge in [-0.1, -0.05) is 13.8 Å². The molecule has 2 saturated carbocycles. The summed E-state index contributed by atoms with van der Waals surface area (Å²) in [6.07, 6.45) is 4.74.